The summed E-state index contributed by atoms with van der Waals surface area (Å²) in [5.74, 6) is -1.41. The predicted octanol–water partition coefficient (Wildman–Crippen LogP) is 2.54. The number of hydrogen-bond acceptors (Lipinski definition) is 4. The monoisotopic (exact) mass is 400 g/mol. The normalized spacial score (nSPS) is 12.3. The van der Waals surface area contributed by atoms with Crippen molar-refractivity contribution in [2.24, 2.45) is 0 Å². The molecular weight excluding hydrogens is 395 g/mol. The third-order valence-electron chi connectivity index (χ3n) is 1.45. The van der Waals surface area contributed by atoms with Crippen molar-refractivity contribution >= 4 is 29.0 Å². The standard InChI is InChI=1S/C7H5F3IO6P/c8-7(9,10)16-4-2-1-3-5(6(4)11-12)17-18(13,14)15/h1-3H,(H2,13,14,15). The Morgan fingerprint density at radius 3 is 2.22 bits per heavy atom. The van der Waals surface area contributed by atoms with Crippen LogP contribution in [0.1, 0.15) is 0 Å². The average molecular weight is 400 g/mol. The largest absolute Gasteiger partial charge is 0.573 e. The number of rotatable bonds is 4. The van der Waals surface area contributed by atoms with Crippen molar-refractivity contribution in [1.29, 1.82) is 0 Å². The number of hydrogen-bond donors (Lipinski definition) is 2. The number of phosphoric ester groups is 1. The average Bonchev–Trinajstić information content (AvgIpc) is 2.12. The van der Waals surface area contributed by atoms with Crippen molar-refractivity contribution in [3.05, 3.63) is 21.8 Å². The number of halogens is 4. The zero-order valence-corrected chi connectivity index (χ0v) is 11.3. The molecule has 18 heavy (non-hydrogen) atoms. The van der Waals surface area contributed by atoms with Gasteiger partial charge in [-0.3, -0.25) is 12.9 Å². The van der Waals surface area contributed by atoms with Gasteiger partial charge in [0.15, 0.2) is 26.9 Å². The van der Waals surface area contributed by atoms with E-state index in [-0.39, 0.29) is 0 Å². The molecule has 0 saturated carbocycles. The van der Waals surface area contributed by atoms with E-state index >= 15 is 0 Å². The van der Waals surface area contributed by atoms with Crippen molar-refractivity contribution in [3.63, 3.8) is 0 Å². The third-order valence-corrected chi connectivity index (χ3v) is 3.39. The molecule has 0 saturated heterocycles. The van der Waals surface area contributed by atoms with Gasteiger partial charge in [0.25, 0.3) is 0 Å². The van der Waals surface area contributed by atoms with Gasteiger partial charge in [-0.2, -0.15) is 0 Å². The summed E-state index contributed by atoms with van der Waals surface area (Å²) in [5, 5.41) is 0. The molecule has 1 aromatic rings. The third kappa shape index (κ3) is 4.88. The van der Waals surface area contributed by atoms with E-state index in [1.807, 2.05) is 0 Å². The molecule has 0 aliphatic rings. The van der Waals surface area contributed by atoms with Crippen LogP contribution in [0.3, 0.4) is 0 Å². The van der Waals surface area contributed by atoms with E-state index in [1.165, 1.54) is 0 Å². The van der Waals surface area contributed by atoms with Gasteiger partial charge >= 0.3 is 14.2 Å². The summed E-state index contributed by atoms with van der Waals surface area (Å²) in [6, 6.07) is 2.87. The van der Waals surface area contributed by atoms with Crippen LogP contribution < -0.4 is 9.26 Å². The molecule has 0 unspecified atom stereocenters. The number of benzene rings is 1. The summed E-state index contributed by atoms with van der Waals surface area (Å²) in [4.78, 5) is 17.1. The summed E-state index contributed by atoms with van der Waals surface area (Å²) in [6.45, 7) is 0. The molecule has 0 aliphatic heterocycles. The molecular formula is C7H5F3IO6P. The minimum Gasteiger partial charge on any atom is -0.404 e. The van der Waals surface area contributed by atoms with Gasteiger partial charge in [0, 0.05) is 0 Å². The quantitative estimate of drug-likeness (QED) is 0.597. The summed E-state index contributed by atoms with van der Waals surface area (Å²) < 4.78 is 64.7. The lowest BCUT2D eigenvalue weighted by molar-refractivity contribution is -0.274. The van der Waals surface area contributed by atoms with Crippen LogP contribution in [-0.4, -0.2) is 16.1 Å². The van der Waals surface area contributed by atoms with E-state index in [9.17, 15) is 20.8 Å². The van der Waals surface area contributed by atoms with E-state index in [1.54, 1.807) is 0 Å². The van der Waals surface area contributed by atoms with Gasteiger partial charge < -0.3 is 9.26 Å². The minimum absolute atomic E-state index is 0.517. The molecule has 0 bridgehead atoms. The Morgan fingerprint density at radius 1 is 1.22 bits per heavy atom. The Labute approximate surface area is 109 Å². The van der Waals surface area contributed by atoms with Crippen LogP contribution in [0.2, 0.25) is 0 Å². The first-order chi connectivity index (χ1) is 8.12. The highest BCUT2D eigenvalue weighted by Gasteiger charge is 2.33. The van der Waals surface area contributed by atoms with Crippen LogP contribution in [0.5, 0.6) is 11.5 Å². The van der Waals surface area contributed by atoms with Crippen LogP contribution in [0.4, 0.5) is 13.2 Å². The highest BCUT2D eigenvalue weighted by atomic mass is 127. The number of phosphoric acid groups is 1. The Hall–Kier alpha value is -0.710. The molecule has 0 atom stereocenters. The maximum Gasteiger partial charge on any atom is 0.573 e. The molecule has 6 nitrogen and oxygen atoms in total. The van der Waals surface area contributed by atoms with Gasteiger partial charge in [0.2, 0.25) is 0 Å². The van der Waals surface area contributed by atoms with E-state index in [4.69, 9.17) is 9.79 Å². The molecule has 1 rings (SSSR count). The lowest BCUT2D eigenvalue weighted by atomic mass is 10.3. The van der Waals surface area contributed by atoms with Gasteiger partial charge in [-0.25, -0.2) is 4.57 Å². The van der Waals surface area contributed by atoms with Crippen LogP contribution in [0.15, 0.2) is 18.2 Å². The first-order valence-corrected chi connectivity index (χ1v) is 7.52. The molecule has 11 heteroatoms. The van der Waals surface area contributed by atoms with Crippen molar-refractivity contribution in [2.75, 3.05) is 0 Å². The van der Waals surface area contributed by atoms with Crippen LogP contribution in [0, 0.1) is 3.57 Å². The van der Waals surface area contributed by atoms with E-state index < -0.39 is 50.4 Å². The SMILES string of the molecule is O=Ic1c(OC(F)(F)F)cccc1OP(=O)(O)O. The lowest BCUT2D eigenvalue weighted by Gasteiger charge is -2.13. The van der Waals surface area contributed by atoms with Crippen molar-refractivity contribution in [2.45, 2.75) is 6.36 Å². The zero-order valence-electron chi connectivity index (χ0n) is 8.22. The Balaban J connectivity index is 3.18. The number of alkyl halides is 3. The summed E-state index contributed by atoms with van der Waals surface area (Å²) in [7, 11) is -4.96. The molecule has 0 aliphatic carbocycles. The molecule has 0 aromatic heterocycles. The predicted molar refractivity (Wildman–Crippen MR) is 59.2 cm³/mol. The van der Waals surface area contributed by atoms with E-state index in [2.05, 4.69) is 9.26 Å². The fraction of sp³-hybridized carbons (Fsp3) is 0.143. The van der Waals surface area contributed by atoms with E-state index in [0.29, 0.717) is 0 Å². The first-order valence-electron chi connectivity index (χ1n) is 4.03. The van der Waals surface area contributed by atoms with Gasteiger partial charge in [-0.1, -0.05) is 6.07 Å². The summed E-state index contributed by atoms with van der Waals surface area (Å²) in [6.07, 6.45) is -5.01. The van der Waals surface area contributed by atoms with E-state index in [0.717, 1.165) is 18.2 Å². The van der Waals surface area contributed by atoms with Crippen molar-refractivity contribution in [1.82, 2.24) is 0 Å². The fourth-order valence-corrected chi connectivity index (χ4v) is 2.57. The highest BCUT2D eigenvalue weighted by Crippen LogP contribution is 2.43. The Morgan fingerprint density at radius 2 is 1.78 bits per heavy atom. The minimum atomic E-state index is -5.01. The maximum atomic E-state index is 12.0. The smallest absolute Gasteiger partial charge is 0.404 e. The zero-order chi connectivity index (χ0) is 14.0. The van der Waals surface area contributed by atoms with Gasteiger partial charge in [0.05, 0.1) is 0 Å². The topological polar surface area (TPSA) is 93.1 Å². The second-order valence-corrected chi connectivity index (χ2v) is 5.46. The second-order valence-electron chi connectivity index (χ2n) is 2.78. The highest BCUT2D eigenvalue weighted by molar-refractivity contribution is 14.1. The molecule has 102 valence electrons. The lowest BCUT2D eigenvalue weighted by Crippen LogP contribution is -2.18. The Bertz CT molecular complexity index is 498. The molecule has 2 N–H and O–H groups in total. The van der Waals surface area contributed by atoms with Crippen LogP contribution in [-0.2, 0) is 7.63 Å². The molecule has 0 amide bonds. The summed E-state index contributed by atoms with van der Waals surface area (Å²) >= 11 is -2.19. The molecule has 0 radical (unpaired) electrons. The fourth-order valence-electron chi connectivity index (χ4n) is 0.969. The summed E-state index contributed by atoms with van der Waals surface area (Å²) in [5.41, 5.74) is 0. The van der Waals surface area contributed by atoms with Crippen LogP contribution >= 0.6 is 29.0 Å². The van der Waals surface area contributed by atoms with Crippen LogP contribution in [0.25, 0.3) is 0 Å². The van der Waals surface area contributed by atoms with Crippen molar-refractivity contribution in [3.8, 4) is 11.5 Å². The molecule has 1 aromatic carbocycles. The first kappa shape index (κ1) is 15.3. The van der Waals surface area contributed by atoms with Gasteiger partial charge in [-0.05, 0) is 12.1 Å². The number of ether oxygens (including phenoxy) is 1. The Kier molecular flexibility index (Phi) is 4.70. The second kappa shape index (κ2) is 5.51. The molecule has 0 spiro atoms. The van der Waals surface area contributed by atoms with Crippen molar-refractivity contribution < 1.29 is 39.9 Å². The molecule has 0 heterocycles. The van der Waals surface area contributed by atoms with Gasteiger partial charge in [0.1, 0.15) is 9.32 Å². The molecule has 0 fully saturated rings. The maximum absolute atomic E-state index is 12.0. The van der Waals surface area contributed by atoms with Gasteiger partial charge in [-0.15, -0.1) is 13.2 Å².